The molecule has 0 saturated carbocycles. The Morgan fingerprint density at radius 1 is 1.24 bits per heavy atom. The maximum absolute atomic E-state index is 8.67. The normalized spacial score (nSPS) is 10.7. The first-order chi connectivity index (χ1) is 8.29. The lowest BCUT2D eigenvalue weighted by atomic mass is 10.1. The molecular weight excluding hydrogens is 236 g/mol. The van der Waals surface area contributed by atoms with Crippen molar-refractivity contribution in [2.24, 2.45) is 0 Å². The van der Waals surface area contributed by atoms with E-state index in [9.17, 15) is 0 Å². The molecule has 0 atom stereocenters. The summed E-state index contributed by atoms with van der Waals surface area (Å²) in [7, 11) is 0. The van der Waals surface area contributed by atoms with Crippen molar-refractivity contribution in [3.05, 3.63) is 35.7 Å². The molecule has 1 aromatic heterocycles. The van der Waals surface area contributed by atoms with Crippen molar-refractivity contribution in [3.63, 3.8) is 0 Å². The van der Waals surface area contributed by atoms with Gasteiger partial charge in [-0.25, -0.2) is 0 Å². The number of hydrogen-bond acceptors (Lipinski definition) is 5. The molecule has 2 aromatic rings. The lowest BCUT2D eigenvalue weighted by molar-refractivity contribution is 0.322. The highest BCUT2D eigenvalue weighted by Crippen LogP contribution is 2.20. The minimum absolute atomic E-state index is 0.170. The number of nitrogens with zero attached hydrogens (tertiary/aromatic N) is 2. The molecule has 2 rings (SSSR count). The van der Waals surface area contributed by atoms with E-state index in [2.05, 4.69) is 10.2 Å². The van der Waals surface area contributed by atoms with Gasteiger partial charge in [-0.2, -0.15) is 0 Å². The summed E-state index contributed by atoms with van der Waals surface area (Å²) < 4.78 is 5.53. The molecule has 4 nitrogen and oxygen atoms in total. The monoisotopic (exact) mass is 250 g/mol. The fourth-order valence-electron chi connectivity index (χ4n) is 1.35. The van der Waals surface area contributed by atoms with Crippen LogP contribution in [0, 0.1) is 6.92 Å². The van der Waals surface area contributed by atoms with Gasteiger partial charge in [-0.15, -0.1) is 22.0 Å². The topological polar surface area (TPSA) is 59.2 Å². The van der Waals surface area contributed by atoms with E-state index in [0.29, 0.717) is 23.3 Å². The van der Waals surface area contributed by atoms with Gasteiger partial charge in [-0.3, -0.25) is 0 Å². The molecule has 0 amide bonds. The van der Waals surface area contributed by atoms with Gasteiger partial charge >= 0.3 is 0 Å². The highest BCUT2D eigenvalue weighted by molar-refractivity contribution is 7.98. The molecular formula is C12H14N2O2S. The van der Waals surface area contributed by atoms with Gasteiger partial charge in [-0.05, 0) is 19.1 Å². The third kappa shape index (κ3) is 3.31. The van der Waals surface area contributed by atoms with Crippen LogP contribution in [0.25, 0.3) is 11.5 Å². The van der Waals surface area contributed by atoms with Crippen molar-refractivity contribution in [1.82, 2.24) is 10.2 Å². The largest absolute Gasteiger partial charge is 0.420 e. The molecule has 0 spiro atoms. The van der Waals surface area contributed by atoms with Gasteiger partial charge in [0.05, 0.1) is 12.4 Å². The number of aromatic nitrogens is 2. The Bertz CT molecular complexity index is 468. The molecule has 5 heteroatoms. The van der Waals surface area contributed by atoms with Crippen LogP contribution in [0.3, 0.4) is 0 Å². The van der Waals surface area contributed by atoms with Gasteiger partial charge in [-0.1, -0.05) is 17.7 Å². The molecule has 0 fully saturated rings. The Kier molecular flexibility index (Phi) is 4.17. The second-order valence-electron chi connectivity index (χ2n) is 3.64. The van der Waals surface area contributed by atoms with E-state index in [-0.39, 0.29) is 6.61 Å². The standard InChI is InChI=1S/C12H14N2O2S/c1-9-2-4-10(5-3-9)12-14-13-11(16-12)8-17-7-6-15/h2-5,15H,6-8H2,1H3. The van der Waals surface area contributed by atoms with E-state index < -0.39 is 0 Å². The molecule has 0 aliphatic carbocycles. The van der Waals surface area contributed by atoms with Gasteiger partial charge in [0.15, 0.2) is 0 Å². The van der Waals surface area contributed by atoms with Crippen molar-refractivity contribution in [2.45, 2.75) is 12.7 Å². The highest BCUT2D eigenvalue weighted by atomic mass is 32.2. The molecule has 0 aliphatic rings. The minimum Gasteiger partial charge on any atom is -0.420 e. The summed E-state index contributed by atoms with van der Waals surface area (Å²) in [4.78, 5) is 0. The predicted molar refractivity (Wildman–Crippen MR) is 67.7 cm³/mol. The summed E-state index contributed by atoms with van der Waals surface area (Å²) in [5.41, 5.74) is 2.13. The molecule has 17 heavy (non-hydrogen) atoms. The van der Waals surface area contributed by atoms with Crippen molar-refractivity contribution in [3.8, 4) is 11.5 Å². The quantitative estimate of drug-likeness (QED) is 0.825. The van der Waals surface area contributed by atoms with Crippen LogP contribution in [0.2, 0.25) is 0 Å². The van der Waals surface area contributed by atoms with E-state index in [0.717, 1.165) is 5.56 Å². The van der Waals surface area contributed by atoms with Crippen LogP contribution < -0.4 is 0 Å². The maximum atomic E-state index is 8.67. The van der Waals surface area contributed by atoms with E-state index in [1.807, 2.05) is 31.2 Å². The molecule has 0 aliphatic heterocycles. The number of benzene rings is 1. The number of aryl methyl sites for hydroxylation is 1. The van der Waals surface area contributed by atoms with Gasteiger partial charge in [0.2, 0.25) is 11.8 Å². The molecule has 90 valence electrons. The number of thioether (sulfide) groups is 1. The van der Waals surface area contributed by atoms with Gasteiger partial charge in [0.1, 0.15) is 0 Å². The van der Waals surface area contributed by atoms with Crippen molar-refractivity contribution < 1.29 is 9.52 Å². The zero-order valence-corrected chi connectivity index (χ0v) is 10.4. The molecule has 0 radical (unpaired) electrons. The fourth-order valence-corrected chi connectivity index (χ4v) is 1.91. The van der Waals surface area contributed by atoms with Gasteiger partial charge in [0, 0.05) is 11.3 Å². The second kappa shape index (κ2) is 5.84. The first-order valence-corrected chi connectivity index (χ1v) is 6.53. The molecule has 1 N–H and O–H groups in total. The van der Waals surface area contributed by atoms with Crippen LogP contribution in [0.5, 0.6) is 0 Å². The van der Waals surface area contributed by atoms with Crippen LogP contribution in [-0.2, 0) is 5.75 Å². The summed E-state index contributed by atoms with van der Waals surface area (Å²) in [5, 5.41) is 16.6. The van der Waals surface area contributed by atoms with Gasteiger partial charge in [0.25, 0.3) is 0 Å². The maximum Gasteiger partial charge on any atom is 0.247 e. The SMILES string of the molecule is Cc1ccc(-c2nnc(CSCCO)o2)cc1. The number of aliphatic hydroxyl groups excluding tert-OH is 1. The Balaban J connectivity index is 2.04. The lowest BCUT2D eigenvalue weighted by Gasteiger charge is -1.95. The van der Waals surface area contributed by atoms with Gasteiger partial charge < -0.3 is 9.52 Å². The van der Waals surface area contributed by atoms with Crippen molar-refractivity contribution >= 4 is 11.8 Å². The zero-order valence-electron chi connectivity index (χ0n) is 9.59. The molecule has 1 aromatic carbocycles. The summed E-state index contributed by atoms with van der Waals surface area (Å²) in [6.45, 7) is 2.21. The van der Waals surface area contributed by atoms with Crippen molar-refractivity contribution in [1.29, 1.82) is 0 Å². The summed E-state index contributed by atoms with van der Waals surface area (Å²) in [6.07, 6.45) is 0. The fraction of sp³-hybridized carbons (Fsp3) is 0.333. The van der Waals surface area contributed by atoms with E-state index >= 15 is 0 Å². The Morgan fingerprint density at radius 2 is 2.00 bits per heavy atom. The summed E-state index contributed by atoms with van der Waals surface area (Å²) in [5.74, 6) is 2.46. The Hall–Kier alpha value is -1.33. The molecule has 1 heterocycles. The minimum atomic E-state index is 0.170. The van der Waals surface area contributed by atoms with E-state index in [4.69, 9.17) is 9.52 Å². The number of hydrogen-bond donors (Lipinski definition) is 1. The summed E-state index contributed by atoms with van der Waals surface area (Å²) in [6, 6.07) is 7.96. The van der Waals surface area contributed by atoms with Crippen LogP contribution in [0.1, 0.15) is 11.5 Å². The average Bonchev–Trinajstić information content (AvgIpc) is 2.79. The lowest BCUT2D eigenvalue weighted by Crippen LogP contribution is -1.87. The van der Waals surface area contributed by atoms with Crippen LogP contribution in [0.15, 0.2) is 28.7 Å². The van der Waals surface area contributed by atoms with E-state index in [1.54, 1.807) is 11.8 Å². The van der Waals surface area contributed by atoms with E-state index in [1.165, 1.54) is 5.56 Å². The number of rotatable bonds is 5. The number of aliphatic hydroxyl groups is 1. The van der Waals surface area contributed by atoms with Crippen molar-refractivity contribution in [2.75, 3.05) is 12.4 Å². The molecule has 0 saturated heterocycles. The third-order valence-electron chi connectivity index (χ3n) is 2.23. The van der Waals surface area contributed by atoms with Crippen LogP contribution >= 0.6 is 11.8 Å². The zero-order chi connectivity index (χ0) is 12.1. The third-order valence-corrected chi connectivity index (χ3v) is 3.15. The van der Waals surface area contributed by atoms with Crippen LogP contribution in [0.4, 0.5) is 0 Å². The second-order valence-corrected chi connectivity index (χ2v) is 4.75. The summed E-state index contributed by atoms with van der Waals surface area (Å²) >= 11 is 1.57. The average molecular weight is 250 g/mol. The van der Waals surface area contributed by atoms with Crippen LogP contribution in [-0.4, -0.2) is 27.7 Å². The highest BCUT2D eigenvalue weighted by Gasteiger charge is 2.07. The first kappa shape index (κ1) is 12.1. The molecule has 0 bridgehead atoms. The smallest absolute Gasteiger partial charge is 0.247 e. The first-order valence-electron chi connectivity index (χ1n) is 5.37. The molecule has 0 unspecified atom stereocenters. The Morgan fingerprint density at radius 3 is 2.71 bits per heavy atom. The predicted octanol–water partition coefficient (Wildman–Crippen LogP) is 2.27. The Labute approximate surface area is 104 Å².